The number of carbonyl (C=O) groups excluding carboxylic acids is 1. The predicted octanol–water partition coefficient (Wildman–Crippen LogP) is 1.62. The smallest absolute Gasteiger partial charge is 0.355 e. The van der Waals surface area contributed by atoms with Crippen molar-refractivity contribution in [2.75, 3.05) is 18.5 Å². The van der Waals surface area contributed by atoms with Crippen molar-refractivity contribution in [2.45, 2.75) is 6.42 Å². The van der Waals surface area contributed by atoms with Gasteiger partial charge in [0.25, 0.3) is 0 Å². The summed E-state index contributed by atoms with van der Waals surface area (Å²) in [5.74, 6) is -1.04. The van der Waals surface area contributed by atoms with Gasteiger partial charge >= 0.3 is 12.0 Å². The minimum absolute atomic E-state index is 0.0359. The highest BCUT2D eigenvalue weighted by atomic mass is 32.1. The van der Waals surface area contributed by atoms with Gasteiger partial charge in [-0.05, 0) is 12.1 Å². The second-order valence-electron chi connectivity index (χ2n) is 4.18. The number of hydrogen-bond donors (Lipinski definition) is 2. The quantitative estimate of drug-likeness (QED) is 0.875. The van der Waals surface area contributed by atoms with E-state index in [1.807, 2.05) is 0 Å². The van der Waals surface area contributed by atoms with Crippen molar-refractivity contribution in [3.05, 3.63) is 40.6 Å². The van der Waals surface area contributed by atoms with E-state index < -0.39 is 5.97 Å². The third kappa shape index (κ3) is 3.99. The van der Waals surface area contributed by atoms with Gasteiger partial charge in [-0.25, -0.2) is 14.6 Å². The van der Waals surface area contributed by atoms with Crippen LogP contribution < -0.4 is 10.2 Å². The van der Waals surface area contributed by atoms with Crippen LogP contribution in [0.1, 0.15) is 15.5 Å². The molecule has 0 aliphatic rings. The van der Waals surface area contributed by atoms with Crippen LogP contribution in [0.2, 0.25) is 0 Å². The van der Waals surface area contributed by atoms with Gasteiger partial charge in [0.15, 0.2) is 5.69 Å². The molecule has 0 radical (unpaired) electrons. The zero-order valence-electron chi connectivity index (χ0n) is 11.3. The lowest BCUT2D eigenvalue weighted by molar-refractivity contribution is 0.0691. The molecule has 0 saturated heterocycles. The van der Waals surface area contributed by atoms with Crippen molar-refractivity contribution < 1.29 is 14.7 Å². The van der Waals surface area contributed by atoms with Crippen molar-refractivity contribution in [1.82, 2.24) is 15.3 Å². The minimum atomic E-state index is -1.04. The standard InChI is InChI=1S/C13H14N4O3S/c1-17(9-3-2-5-14-7-9)13(20)15-6-4-11-16-10(8-21-11)12(18)19/h2-3,5,7-8H,4,6H2,1H3,(H,15,20)(H,18,19). The molecule has 2 aromatic heterocycles. The highest BCUT2D eigenvalue weighted by molar-refractivity contribution is 7.09. The number of aromatic nitrogens is 2. The van der Waals surface area contributed by atoms with Crippen molar-refractivity contribution in [2.24, 2.45) is 0 Å². The van der Waals surface area contributed by atoms with E-state index in [2.05, 4.69) is 15.3 Å². The van der Waals surface area contributed by atoms with Gasteiger partial charge in [0.1, 0.15) is 0 Å². The first-order chi connectivity index (χ1) is 10.1. The molecule has 0 aliphatic heterocycles. The second kappa shape index (κ2) is 6.80. The molecule has 8 heteroatoms. The van der Waals surface area contributed by atoms with Crippen LogP contribution in [-0.4, -0.2) is 40.7 Å². The highest BCUT2D eigenvalue weighted by Crippen LogP contribution is 2.11. The van der Waals surface area contributed by atoms with E-state index in [0.717, 1.165) is 0 Å². The Balaban J connectivity index is 1.82. The summed E-state index contributed by atoms with van der Waals surface area (Å²) in [6.07, 6.45) is 3.72. The normalized spacial score (nSPS) is 10.1. The number of urea groups is 1. The Morgan fingerprint density at radius 2 is 2.29 bits per heavy atom. The summed E-state index contributed by atoms with van der Waals surface area (Å²) in [6, 6.07) is 3.28. The topological polar surface area (TPSA) is 95.4 Å². The summed E-state index contributed by atoms with van der Waals surface area (Å²) < 4.78 is 0. The van der Waals surface area contributed by atoms with Crippen LogP contribution >= 0.6 is 11.3 Å². The fourth-order valence-corrected chi connectivity index (χ4v) is 2.36. The Kier molecular flexibility index (Phi) is 4.83. The van der Waals surface area contributed by atoms with Gasteiger partial charge in [0.05, 0.1) is 16.9 Å². The maximum atomic E-state index is 11.9. The van der Waals surface area contributed by atoms with Gasteiger partial charge in [-0.3, -0.25) is 9.88 Å². The predicted molar refractivity (Wildman–Crippen MR) is 78.8 cm³/mol. The van der Waals surface area contributed by atoms with Crippen molar-refractivity contribution in [3.63, 3.8) is 0 Å². The number of hydrogen-bond acceptors (Lipinski definition) is 5. The molecule has 7 nitrogen and oxygen atoms in total. The summed E-state index contributed by atoms with van der Waals surface area (Å²) in [4.78, 5) is 32.0. The van der Waals surface area contributed by atoms with Gasteiger partial charge in [-0.1, -0.05) is 0 Å². The Bertz CT molecular complexity index is 629. The lowest BCUT2D eigenvalue weighted by Gasteiger charge is -2.17. The van der Waals surface area contributed by atoms with Crippen LogP contribution in [0.3, 0.4) is 0 Å². The molecule has 0 aliphatic carbocycles. The van der Waals surface area contributed by atoms with E-state index in [-0.39, 0.29) is 11.7 Å². The summed E-state index contributed by atoms with van der Waals surface area (Å²) >= 11 is 1.27. The number of carboxylic acid groups (broad SMARTS) is 1. The Labute approximate surface area is 125 Å². The van der Waals surface area contributed by atoms with E-state index >= 15 is 0 Å². The molecule has 2 rings (SSSR count). The van der Waals surface area contributed by atoms with Gasteiger partial charge in [-0.15, -0.1) is 11.3 Å². The van der Waals surface area contributed by atoms with E-state index in [9.17, 15) is 9.59 Å². The molecular formula is C13H14N4O3S. The molecule has 0 unspecified atom stereocenters. The number of carboxylic acids is 1. The molecular weight excluding hydrogens is 292 g/mol. The first-order valence-corrected chi connectivity index (χ1v) is 7.05. The Hall–Kier alpha value is -2.48. The molecule has 0 bridgehead atoms. The van der Waals surface area contributed by atoms with Crippen LogP contribution in [0.4, 0.5) is 10.5 Å². The molecule has 0 spiro atoms. The number of carbonyl (C=O) groups is 2. The molecule has 0 aromatic carbocycles. The number of amides is 2. The van der Waals surface area contributed by atoms with E-state index in [1.54, 1.807) is 31.6 Å². The van der Waals surface area contributed by atoms with Crippen LogP contribution in [0.15, 0.2) is 29.9 Å². The van der Waals surface area contributed by atoms with E-state index in [1.165, 1.54) is 21.6 Å². The Morgan fingerprint density at radius 3 is 2.90 bits per heavy atom. The first kappa shape index (κ1) is 14.9. The largest absolute Gasteiger partial charge is 0.476 e. The molecule has 0 atom stereocenters. The van der Waals surface area contributed by atoms with Gasteiger partial charge < -0.3 is 10.4 Å². The van der Waals surface area contributed by atoms with Gasteiger partial charge in [0.2, 0.25) is 0 Å². The van der Waals surface area contributed by atoms with Gasteiger partial charge in [-0.2, -0.15) is 0 Å². The molecule has 0 fully saturated rings. The van der Waals surface area contributed by atoms with Crippen molar-refractivity contribution in [1.29, 1.82) is 0 Å². The lowest BCUT2D eigenvalue weighted by Crippen LogP contribution is -2.38. The zero-order valence-corrected chi connectivity index (χ0v) is 12.1. The number of nitrogens with one attached hydrogen (secondary N) is 1. The second-order valence-corrected chi connectivity index (χ2v) is 5.13. The van der Waals surface area contributed by atoms with Crippen LogP contribution in [-0.2, 0) is 6.42 Å². The molecule has 2 amide bonds. The van der Waals surface area contributed by atoms with Crippen LogP contribution in [0, 0.1) is 0 Å². The SMILES string of the molecule is CN(C(=O)NCCc1nc(C(=O)O)cs1)c1cccnc1. The summed E-state index contributed by atoms with van der Waals surface area (Å²) in [6.45, 7) is 0.385. The molecule has 2 aromatic rings. The van der Waals surface area contributed by atoms with Crippen LogP contribution in [0.25, 0.3) is 0 Å². The maximum absolute atomic E-state index is 11.9. The van der Waals surface area contributed by atoms with Crippen molar-refractivity contribution in [3.8, 4) is 0 Å². The summed E-state index contributed by atoms with van der Waals surface area (Å²) in [5.41, 5.74) is 0.728. The van der Waals surface area contributed by atoms with Crippen LogP contribution in [0.5, 0.6) is 0 Å². The first-order valence-electron chi connectivity index (χ1n) is 6.17. The number of pyridine rings is 1. The fourth-order valence-electron chi connectivity index (χ4n) is 1.59. The molecule has 2 N–H and O–H groups in total. The minimum Gasteiger partial charge on any atom is -0.476 e. The third-order valence-electron chi connectivity index (χ3n) is 2.72. The maximum Gasteiger partial charge on any atom is 0.355 e. The average Bonchev–Trinajstić information content (AvgIpc) is 2.96. The average molecular weight is 306 g/mol. The highest BCUT2D eigenvalue weighted by Gasteiger charge is 2.11. The summed E-state index contributed by atoms with van der Waals surface area (Å²) in [5, 5.41) is 13.7. The number of rotatable bonds is 5. The monoisotopic (exact) mass is 306 g/mol. The van der Waals surface area contributed by atoms with E-state index in [4.69, 9.17) is 5.11 Å². The van der Waals surface area contributed by atoms with Gasteiger partial charge in [0, 0.05) is 31.6 Å². The number of aromatic carboxylic acids is 1. The Morgan fingerprint density at radius 1 is 1.48 bits per heavy atom. The third-order valence-corrected chi connectivity index (χ3v) is 3.63. The fraction of sp³-hybridized carbons (Fsp3) is 0.231. The number of thiazole rings is 1. The van der Waals surface area contributed by atoms with Crippen molar-refractivity contribution >= 4 is 29.0 Å². The zero-order chi connectivity index (χ0) is 15.2. The molecule has 0 saturated carbocycles. The summed E-state index contributed by atoms with van der Waals surface area (Å²) in [7, 11) is 1.65. The number of anilines is 1. The lowest BCUT2D eigenvalue weighted by atomic mass is 10.4. The number of nitrogens with zero attached hydrogens (tertiary/aromatic N) is 3. The van der Waals surface area contributed by atoms with E-state index in [0.29, 0.717) is 23.7 Å². The molecule has 110 valence electrons. The molecule has 2 heterocycles. The molecule has 21 heavy (non-hydrogen) atoms.